The molecule has 1 aliphatic rings. The first kappa shape index (κ1) is 10.7. The van der Waals surface area contributed by atoms with E-state index in [1.807, 2.05) is 0 Å². The van der Waals surface area contributed by atoms with Crippen LogP contribution >= 0.6 is 0 Å². The van der Waals surface area contributed by atoms with Crippen LogP contribution in [-0.4, -0.2) is 19.5 Å². The molecule has 0 N–H and O–H groups in total. The summed E-state index contributed by atoms with van der Waals surface area (Å²) in [6, 6.07) is 0. The lowest BCUT2D eigenvalue weighted by molar-refractivity contribution is -0.121. The number of rotatable bonds is 5. The van der Waals surface area contributed by atoms with Gasteiger partial charge in [-0.15, -0.1) is 0 Å². The number of Topliss-reactive ketones (excluding diaryl/α,β-unsaturated/α-hetero) is 1. The van der Waals surface area contributed by atoms with Crippen molar-refractivity contribution >= 4 is 5.78 Å². The third kappa shape index (κ3) is 4.41. The molecule has 2 nitrogen and oxygen atoms in total. The monoisotopic (exact) mass is 184 g/mol. The fourth-order valence-electron chi connectivity index (χ4n) is 2.04. The van der Waals surface area contributed by atoms with Crippen molar-refractivity contribution in [1.29, 1.82) is 0 Å². The number of hydrogen-bond acceptors (Lipinski definition) is 2. The SMILES string of the molecule is COCCCCC1CCCC(=O)C1. The molecule has 0 amide bonds. The summed E-state index contributed by atoms with van der Waals surface area (Å²) in [7, 11) is 1.74. The minimum absolute atomic E-state index is 0.475. The summed E-state index contributed by atoms with van der Waals surface area (Å²) in [5.41, 5.74) is 0. The molecule has 1 saturated carbocycles. The Balaban J connectivity index is 2.03. The zero-order chi connectivity index (χ0) is 9.52. The number of hydrogen-bond donors (Lipinski definition) is 0. The Labute approximate surface area is 80.7 Å². The Kier molecular flexibility index (Phi) is 5.06. The molecular formula is C11H20O2. The van der Waals surface area contributed by atoms with Crippen molar-refractivity contribution in [2.24, 2.45) is 5.92 Å². The minimum Gasteiger partial charge on any atom is -0.385 e. The van der Waals surface area contributed by atoms with Crippen LogP contribution in [0.4, 0.5) is 0 Å². The Morgan fingerprint density at radius 3 is 3.00 bits per heavy atom. The first-order valence-electron chi connectivity index (χ1n) is 5.33. The first-order chi connectivity index (χ1) is 6.33. The lowest BCUT2D eigenvalue weighted by atomic mass is 9.85. The lowest BCUT2D eigenvalue weighted by Gasteiger charge is -2.20. The molecule has 1 rings (SSSR count). The molecule has 0 radical (unpaired) electrons. The Morgan fingerprint density at radius 1 is 1.46 bits per heavy atom. The number of ketones is 1. The molecule has 1 atom stereocenters. The molecular weight excluding hydrogens is 164 g/mol. The van der Waals surface area contributed by atoms with Gasteiger partial charge in [0, 0.05) is 26.6 Å². The van der Waals surface area contributed by atoms with Gasteiger partial charge in [0.05, 0.1) is 0 Å². The largest absolute Gasteiger partial charge is 0.385 e. The van der Waals surface area contributed by atoms with E-state index in [9.17, 15) is 4.79 Å². The van der Waals surface area contributed by atoms with E-state index in [-0.39, 0.29) is 0 Å². The van der Waals surface area contributed by atoms with Crippen molar-refractivity contribution < 1.29 is 9.53 Å². The summed E-state index contributed by atoms with van der Waals surface area (Å²) in [6.45, 7) is 0.862. The molecule has 0 heterocycles. The van der Waals surface area contributed by atoms with Crippen LogP contribution in [0.2, 0.25) is 0 Å². The van der Waals surface area contributed by atoms with Gasteiger partial charge in [-0.25, -0.2) is 0 Å². The average Bonchev–Trinajstić information content (AvgIpc) is 2.13. The predicted molar refractivity (Wildman–Crippen MR) is 52.7 cm³/mol. The third-order valence-electron chi connectivity index (χ3n) is 2.80. The van der Waals surface area contributed by atoms with Gasteiger partial charge in [-0.3, -0.25) is 4.79 Å². The molecule has 0 bridgehead atoms. The molecule has 0 aromatic carbocycles. The normalized spacial score (nSPS) is 23.5. The van der Waals surface area contributed by atoms with Crippen LogP contribution in [-0.2, 0) is 9.53 Å². The van der Waals surface area contributed by atoms with Crippen LogP contribution in [0.1, 0.15) is 44.9 Å². The van der Waals surface area contributed by atoms with Gasteiger partial charge in [0.15, 0.2) is 0 Å². The van der Waals surface area contributed by atoms with Crippen LogP contribution in [0.5, 0.6) is 0 Å². The molecule has 0 aromatic rings. The van der Waals surface area contributed by atoms with E-state index in [0.29, 0.717) is 11.7 Å². The Hall–Kier alpha value is -0.370. The first-order valence-corrected chi connectivity index (χ1v) is 5.33. The highest BCUT2D eigenvalue weighted by Crippen LogP contribution is 2.25. The van der Waals surface area contributed by atoms with Gasteiger partial charge in [-0.1, -0.05) is 6.42 Å². The van der Waals surface area contributed by atoms with Crippen molar-refractivity contribution in [3.05, 3.63) is 0 Å². The minimum atomic E-state index is 0.475. The third-order valence-corrected chi connectivity index (χ3v) is 2.80. The van der Waals surface area contributed by atoms with Gasteiger partial charge in [-0.05, 0) is 31.6 Å². The van der Waals surface area contributed by atoms with E-state index in [4.69, 9.17) is 4.74 Å². The molecule has 2 heteroatoms. The summed E-state index contributed by atoms with van der Waals surface area (Å²) in [4.78, 5) is 11.1. The molecule has 0 aromatic heterocycles. The number of ether oxygens (including phenoxy) is 1. The molecule has 1 aliphatic carbocycles. The van der Waals surface area contributed by atoms with Crippen molar-refractivity contribution in [2.75, 3.05) is 13.7 Å². The topological polar surface area (TPSA) is 26.3 Å². The van der Waals surface area contributed by atoms with E-state index >= 15 is 0 Å². The number of unbranched alkanes of at least 4 members (excludes halogenated alkanes) is 1. The van der Waals surface area contributed by atoms with E-state index in [2.05, 4.69) is 0 Å². The van der Waals surface area contributed by atoms with Gasteiger partial charge in [0.25, 0.3) is 0 Å². The highest BCUT2D eigenvalue weighted by atomic mass is 16.5. The van der Waals surface area contributed by atoms with Gasteiger partial charge >= 0.3 is 0 Å². The summed E-state index contributed by atoms with van der Waals surface area (Å²) in [5, 5.41) is 0. The molecule has 1 fully saturated rings. The van der Waals surface area contributed by atoms with E-state index < -0.39 is 0 Å². The quantitative estimate of drug-likeness (QED) is 0.614. The van der Waals surface area contributed by atoms with E-state index in [1.165, 1.54) is 19.3 Å². The van der Waals surface area contributed by atoms with Crippen LogP contribution in [0.3, 0.4) is 0 Å². The Morgan fingerprint density at radius 2 is 2.31 bits per heavy atom. The van der Waals surface area contributed by atoms with Gasteiger partial charge < -0.3 is 4.74 Å². The zero-order valence-corrected chi connectivity index (χ0v) is 8.55. The highest BCUT2D eigenvalue weighted by molar-refractivity contribution is 5.79. The maximum Gasteiger partial charge on any atom is 0.133 e. The fourth-order valence-corrected chi connectivity index (χ4v) is 2.04. The fraction of sp³-hybridized carbons (Fsp3) is 0.909. The summed E-state index contributed by atoms with van der Waals surface area (Å²) >= 11 is 0. The van der Waals surface area contributed by atoms with Crippen LogP contribution < -0.4 is 0 Å². The summed E-state index contributed by atoms with van der Waals surface area (Å²) in [6.07, 6.45) is 7.62. The molecule has 76 valence electrons. The number of carbonyl (C=O) groups excluding carboxylic acids is 1. The van der Waals surface area contributed by atoms with Crippen molar-refractivity contribution in [3.8, 4) is 0 Å². The van der Waals surface area contributed by atoms with Gasteiger partial charge in [-0.2, -0.15) is 0 Å². The summed E-state index contributed by atoms with van der Waals surface area (Å²) < 4.78 is 4.99. The highest BCUT2D eigenvalue weighted by Gasteiger charge is 2.18. The number of methoxy groups -OCH3 is 1. The van der Waals surface area contributed by atoms with Crippen LogP contribution in [0, 0.1) is 5.92 Å². The second-order valence-corrected chi connectivity index (χ2v) is 3.99. The second kappa shape index (κ2) is 6.14. The maximum atomic E-state index is 11.1. The predicted octanol–water partition coefficient (Wildman–Crippen LogP) is 2.56. The Bertz CT molecular complexity index is 154. The average molecular weight is 184 g/mol. The molecule has 13 heavy (non-hydrogen) atoms. The van der Waals surface area contributed by atoms with Gasteiger partial charge in [0.1, 0.15) is 5.78 Å². The second-order valence-electron chi connectivity index (χ2n) is 3.99. The van der Waals surface area contributed by atoms with Crippen LogP contribution in [0.15, 0.2) is 0 Å². The molecule has 0 aliphatic heterocycles. The summed E-state index contributed by atoms with van der Waals surface area (Å²) in [5.74, 6) is 1.15. The molecule has 0 spiro atoms. The van der Waals surface area contributed by atoms with Crippen molar-refractivity contribution in [3.63, 3.8) is 0 Å². The number of carbonyl (C=O) groups is 1. The van der Waals surface area contributed by atoms with Gasteiger partial charge in [0.2, 0.25) is 0 Å². The van der Waals surface area contributed by atoms with Crippen molar-refractivity contribution in [2.45, 2.75) is 44.9 Å². The lowest BCUT2D eigenvalue weighted by Crippen LogP contribution is -2.14. The standard InChI is InChI=1S/C11H20O2/c1-13-8-3-2-5-10-6-4-7-11(12)9-10/h10H,2-9H2,1H3. The molecule has 1 unspecified atom stereocenters. The zero-order valence-electron chi connectivity index (χ0n) is 8.55. The van der Waals surface area contributed by atoms with E-state index in [1.54, 1.807) is 7.11 Å². The van der Waals surface area contributed by atoms with Crippen LogP contribution in [0.25, 0.3) is 0 Å². The smallest absolute Gasteiger partial charge is 0.133 e. The maximum absolute atomic E-state index is 11.1. The van der Waals surface area contributed by atoms with E-state index in [0.717, 1.165) is 32.3 Å². The van der Waals surface area contributed by atoms with Crippen molar-refractivity contribution in [1.82, 2.24) is 0 Å². The molecule has 0 saturated heterocycles.